The van der Waals surface area contributed by atoms with Crippen LogP contribution in [0.5, 0.6) is 0 Å². The van der Waals surface area contributed by atoms with Crippen LogP contribution in [0.25, 0.3) is 0 Å². The van der Waals surface area contributed by atoms with Gasteiger partial charge in [0.1, 0.15) is 5.82 Å². The van der Waals surface area contributed by atoms with Crippen molar-refractivity contribution in [1.82, 2.24) is 5.32 Å². The summed E-state index contributed by atoms with van der Waals surface area (Å²) in [5, 5.41) is 4.43. The van der Waals surface area contributed by atoms with Gasteiger partial charge in [0, 0.05) is 17.8 Å². The molecule has 18 heavy (non-hydrogen) atoms. The zero-order chi connectivity index (χ0) is 13.0. The Bertz CT molecular complexity index is 394. The second-order valence-corrected chi connectivity index (χ2v) is 6.63. The van der Waals surface area contributed by atoms with Crippen molar-refractivity contribution < 1.29 is 4.39 Å². The molecule has 2 unspecified atom stereocenters. The summed E-state index contributed by atoms with van der Waals surface area (Å²) in [4.78, 5) is 0. The number of nitrogens with one attached hydrogen (secondary N) is 1. The van der Waals surface area contributed by atoms with Crippen molar-refractivity contribution >= 4 is 11.8 Å². The molecule has 2 rings (SSSR count). The fourth-order valence-electron chi connectivity index (χ4n) is 2.59. The van der Waals surface area contributed by atoms with Crippen LogP contribution in [0, 0.1) is 12.7 Å². The molecule has 1 aromatic carbocycles. The molecule has 0 saturated heterocycles. The van der Waals surface area contributed by atoms with Gasteiger partial charge in [-0.15, -0.1) is 0 Å². The van der Waals surface area contributed by atoms with Crippen LogP contribution in [0.3, 0.4) is 0 Å². The molecule has 0 heterocycles. The number of hydrogen-bond acceptors (Lipinski definition) is 2. The predicted octanol–water partition coefficient (Wildman–Crippen LogP) is 3.90. The second kappa shape index (κ2) is 6.58. The van der Waals surface area contributed by atoms with Gasteiger partial charge in [-0.05, 0) is 49.1 Å². The Kier molecular flexibility index (Phi) is 5.07. The topological polar surface area (TPSA) is 12.0 Å². The summed E-state index contributed by atoms with van der Waals surface area (Å²) in [5.74, 6) is 1.10. The average Bonchev–Trinajstić information content (AvgIpc) is 2.79. The Hall–Kier alpha value is -0.540. The average molecular weight is 267 g/mol. The Morgan fingerprint density at radius 3 is 2.94 bits per heavy atom. The number of benzene rings is 1. The van der Waals surface area contributed by atoms with E-state index < -0.39 is 0 Å². The van der Waals surface area contributed by atoms with Crippen molar-refractivity contribution in [2.24, 2.45) is 0 Å². The molecule has 3 heteroatoms. The smallest absolute Gasteiger partial charge is 0.126 e. The van der Waals surface area contributed by atoms with Crippen LogP contribution in [0.4, 0.5) is 4.39 Å². The SMILES string of the molecule is CCSC1CCC(NCc2ccc(F)c(C)c2)C1. The van der Waals surface area contributed by atoms with Crippen LogP contribution in [-0.2, 0) is 6.54 Å². The normalized spacial score (nSPS) is 23.5. The first-order chi connectivity index (χ1) is 8.69. The van der Waals surface area contributed by atoms with Gasteiger partial charge in [-0.25, -0.2) is 4.39 Å². The lowest BCUT2D eigenvalue weighted by molar-refractivity contribution is 0.524. The molecule has 1 aliphatic rings. The molecule has 1 nitrogen and oxygen atoms in total. The number of aryl methyl sites for hydroxylation is 1. The van der Waals surface area contributed by atoms with E-state index in [-0.39, 0.29) is 5.82 Å². The summed E-state index contributed by atoms with van der Waals surface area (Å²) in [6.07, 6.45) is 3.88. The third kappa shape index (κ3) is 3.72. The van der Waals surface area contributed by atoms with Crippen molar-refractivity contribution in [2.75, 3.05) is 5.75 Å². The minimum absolute atomic E-state index is 0.112. The van der Waals surface area contributed by atoms with Gasteiger partial charge >= 0.3 is 0 Å². The molecule has 100 valence electrons. The Labute approximate surface area is 114 Å². The first-order valence-electron chi connectivity index (χ1n) is 6.79. The van der Waals surface area contributed by atoms with Crippen molar-refractivity contribution in [1.29, 1.82) is 0 Å². The molecule has 2 atom stereocenters. The largest absolute Gasteiger partial charge is 0.310 e. The number of hydrogen-bond donors (Lipinski definition) is 1. The third-order valence-electron chi connectivity index (χ3n) is 3.60. The van der Waals surface area contributed by atoms with Gasteiger partial charge in [0.15, 0.2) is 0 Å². The zero-order valence-corrected chi connectivity index (χ0v) is 12.0. The van der Waals surface area contributed by atoms with E-state index in [4.69, 9.17) is 0 Å². The monoisotopic (exact) mass is 267 g/mol. The molecule has 0 bridgehead atoms. The summed E-state index contributed by atoms with van der Waals surface area (Å²) in [6, 6.07) is 6.02. The maximum absolute atomic E-state index is 13.2. The van der Waals surface area contributed by atoms with Gasteiger partial charge < -0.3 is 5.32 Å². The molecule has 0 amide bonds. The second-order valence-electron chi connectivity index (χ2n) is 5.05. The van der Waals surface area contributed by atoms with E-state index in [0.29, 0.717) is 6.04 Å². The van der Waals surface area contributed by atoms with E-state index >= 15 is 0 Å². The van der Waals surface area contributed by atoms with Gasteiger partial charge in [0.2, 0.25) is 0 Å². The standard InChI is InChI=1S/C15H22FNS/c1-3-18-14-6-5-13(9-14)17-10-12-4-7-15(16)11(2)8-12/h4,7-8,13-14,17H,3,5-6,9-10H2,1-2H3. The minimum atomic E-state index is -0.112. The van der Waals surface area contributed by atoms with E-state index in [1.54, 1.807) is 6.07 Å². The molecule has 0 aliphatic heterocycles. The van der Waals surface area contributed by atoms with Crippen LogP contribution in [0.15, 0.2) is 18.2 Å². The molecule has 1 saturated carbocycles. The summed E-state index contributed by atoms with van der Waals surface area (Å²) in [5.41, 5.74) is 1.92. The fraction of sp³-hybridized carbons (Fsp3) is 0.600. The summed E-state index contributed by atoms with van der Waals surface area (Å²) in [7, 11) is 0. The van der Waals surface area contributed by atoms with Gasteiger partial charge in [-0.3, -0.25) is 0 Å². The highest BCUT2D eigenvalue weighted by molar-refractivity contribution is 7.99. The lowest BCUT2D eigenvalue weighted by Gasteiger charge is -2.13. The maximum Gasteiger partial charge on any atom is 0.126 e. The lowest BCUT2D eigenvalue weighted by atomic mass is 10.1. The van der Waals surface area contributed by atoms with Gasteiger partial charge in [-0.2, -0.15) is 11.8 Å². The molecule has 0 spiro atoms. The Morgan fingerprint density at radius 2 is 2.22 bits per heavy atom. The van der Waals surface area contributed by atoms with E-state index in [1.807, 2.05) is 19.1 Å². The highest BCUT2D eigenvalue weighted by Crippen LogP contribution is 2.29. The lowest BCUT2D eigenvalue weighted by Crippen LogP contribution is -2.26. The van der Waals surface area contributed by atoms with E-state index in [9.17, 15) is 4.39 Å². The first-order valence-corrected chi connectivity index (χ1v) is 7.84. The molecule has 1 aromatic rings. The molecular weight excluding hydrogens is 245 g/mol. The molecule has 1 N–H and O–H groups in total. The van der Waals surface area contributed by atoms with Crippen molar-refractivity contribution in [3.05, 3.63) is 35.1 Å². The van der Waals surface area contributed by atoms with Crippen LogP contribution in [0.2, 0.25) is 0 Å². The van der Waals surface area contributed by atoms with E-state index in [1.165, 1.54) is 30.6 Å². The fourth-order valence-corrected chi connectivity index (χ4v) is 3.73. The third-order valence-corrected chi connectivity index (χ3v) is 4.84. The zero-order valence-electron chi connectivity index (χ0n) is 11.2. The Balaban J connectivity index is 1.80. The molecule has 1 aliphatic carbocycles. The molecule has 0 aromatic heterocycles. The molecule has 0 radical (unpaired) electrons. The molecular formula is C15H22FNS. The van der Waals surface area contributed by atoms with Crippen LogP contribution in [0.1, 0.15) is 37.3 Å². The quantitative estimate of drug-likeness (QED) is 0.868. The van der Waals surface area contributed by atoms with Gasteiger partial charge in [-0.1, -0.05) is 19.1 Å². The minimum Gasteiger partial charge on any atom is -0.310 e. The number of halogens is 1. The summed E-state index contributed by atoms with van der Waals surface area (Å²) in [6.45, 7) is 4.91. The van der Waals surface area contributed by atoms with Crippen LogP contribution < -0.4 is 5.32 Å². The number of rotatable bonds is 5. The van der Waals surface area contributed by atoms with Crippen molar-refractivity contribution in [3.63, 3.8) is 0 Å². The van der Waals surface area contributed by atoms with Crippen LogP contribution >= 0.6 is 11.8 Å². The highest BCUT2D eigenvalue weighted by Gasteiger charge is 2.23. The first kappa shape index (κ1) is 13.9. The molecule has 1 fully saturated rings. The highest BCUT2D eigenvalue weighted by atomic mass is 32.2. The maximum atomic E-state index is 13.2. The van der Waals surface area contributed by atoms with E-state index in [2.05, 4.69) is 24.0 Å². The number of thioether (sulfide) groups is 1. The van der Waals surface area contributed by atoms with Crippen molar-refractivity contribution in [2.45, 2.75) is 50.9 Å². The van der Waals surface area contributed by atoms with Gasteiger partial charge in [0.05, 0.1) is 0 Å². The summed E-state index contributed by atoms with van der Waals surface area (Å²) < 4.78 is 13.2. The van der Waals surface area contributed by atoms with Crippen LogP contribution in [-0.4, -0.2) is 17.0 Å². The summed E-state index contributed by atoms with van der Waals surface area (Å²) >= 11 is 2.08. The Morgan fingerprint density at radius 1 is 1.39 bits per heavy atom. The van der Waals surface area contributed by atoms with E-state index in [0.717, 1.165) is 17.4 Å². The van der Waals surface area contributed by atoms with Crippen molar-refractivity contribution in [3.8, 4) is 0 Å². The predicted molar refractivity (Wildman–Crippen MR) is 77.5 cm³/mol. The van der Waals surface area contributed by atoms with Gasteiger partial charge in [0.25, 0.3) is 0 Å².